The van der Waals surface area contributed by atoms with Gasteiger partial charge in [-0.1, -0.05) is 6.07 Å². The van der Waals surface area contributed by atoms with E-state index >= 15 is 0 Å². The van der Waals surface area contributed by atoms with Crippen LogP contribution in [0.3, 0.4) is 0 Å². The van der Waals surface area contributed by atoms with E-state index in [-0.39, 0.29) is 11.7 Å². The number of rotatable bonds is 5. The Labute approximate surface area is 157 Å². The highest BCUT2D eigenvalue weighted by molar-refractivity contribution is 5.77. The molecule has 2 heterocycles. The van der Waals surface area contributed by atoms with Crippen molar-refractivity contribution < 1.29 is 9.47 Å². The molecule has 0 amide bonds. The second kappa shape index (κ2) is 7.58. The average Bonchev–Trinajstić information content (AvgIpc) is 2.70. The number of nitrogens with one attached hydrogen (secondary N) is 1. The highest BCUT2D eigenvalue weighted by Crippen LogP contribution is 2.45. The first kappa shape index (κ1) is 17.8. The number of aromatic nitrogens is 2. The van der Waals surface area contributed by atoms with E-state index in [1.165, 1.54) is 0 Å². The number of para-hydroxylation sites is 1. The summed E-state index contributed by atoms with van der Waals surface area (Å²) >= 11 is 0. The number of hydrogen-bond acceptors (Lipinski definition) is 7. The van der Waals surface area contributed by atoms with Crippen molar-refractivity contribution in [3.63, 3.8) is 0 Å². The van der Waals surface area contributed by atoms with Gasteiger partial charge in [0, 0.05) is 12.6 Å². The van der Waals surface area contributed by atoms with Gasteiger partial charge in [-0.05, 0) is 50.3 Å². The molecular weight excluding hydrogens is 346 g/mol. The van der Waals surface area contributed by atoms with Gasteiger partial charge in [-0.3, -0.25) is 4.57 Å². The maximum Gasteiger partial charge on any atom is 0.350 e. The maximum absolute atomic E-state index is 12.6. The first-order valence-electron chi connectivity index (χ1n) is 9.43. The monoisotopic (exact) mass is 371 g/mol. The molecular formula is C19H25N5O3. The highest BCUT2D eigenvalue weighted by Gasteiger charge is 2.26. The molecule has 0 saturated heterocycles. The Morgan fingerprint density at radius 3 is 2.78 bits per heavy atom. The van der Waals surface area contributed by atoms with Crippen LogP contribution < -0.4 is 31.9 Å². The molecule has 8 heteroatoms. The van der Waals surface area contributed by atoms with Crippen LogP contribution in [0.4, 0.5) is 11.5 Å². The molecule has 0 atom stereocenters. The van der Waals surface area contributed by atoms with Crippen LogP contribution in [0.2, 0.25) is 0 Å². The zero-order chi connectivity index (χ0) is 18.8. The van der Waals surface area contributed by atoms with Crippen molar-refractivity contribution in [3.05, 3.63) is 34.9 Å². The van der Waals surface area contributed by atoms with Gasteiger partial charge in [-0.15, -0.1) is 0 Å². The lowest BCUT2D eigenvalue weighted by molar-refractivity contribution is 0.271. The minimum absolute atomic E-state index is 0.141. The Bertz CT molecular complexity index is 874. The van der Waals surface area contributed by atoms with Gasteiger partial charge in [0.05, 0.1) is 6.20 Å². The normalized spacial score (nSPS) is 20.8. The number of hydrogen-bond donors (Lipinski definition) is 3. The van der Waals surface area contributed by atoms with Crippen LogP contribution in [0, 0.1) is 5.92 Å². The molecule has 5 N–H and O–H groups in total. The van der Waals surface area contributed by atoms with E-state index in [4.69, 9.17) is 20.9 Å². The Kier molecular flexibility index (Phi) is 5.00. The van der Waals surface area contributed by atoms with Crippen LogP contribution in [0.15, 0.2) is 29.2 Å². The average molecular weight is 371 g/mol. The third-order valence-corrected chi connectivity index (χ3v) is 5.29. The lowest BCUT2D eigenvalue weighted by atomic mass is 9.86. The number of nitrogens with zero attached hydrogens (tertiary/aromatic N) is 2. The van der Waals surface area contributed by atoms with Crippen molar-refractivity contribution in [1.29, 1.82) is 0 Å². The fourth-order valence-corrected chi connectivity index (χ4v) is 3.78. The van der Waals surface area contributed by atoms with Crippen LogP contribution in [-0.4, -0.2) is 29.2 Å². The van der Waals surface area contributed by atoms with Crippen LogP contribution in [0.25, 0.3) is 0 Å². The van der Waals surface area contributed by atoms with E-state index in [0.29, 0.717) is 54.4 Å². The van der Waals surface area contributed by atoms with Gasteiger partial charge in [0.2, 0.25) is 0 Å². The van der Waals surface area contributed by atoms with Crippen LogP contribution in [0.5, 0.6) is 17.2 Å². The minimum atomic E-state index is -0.273. The van der Waals surface area contributed by atoms with Gasteiger partial charge < -0.3 is 26.3 Å². The lowest BCUT2D eigenvalue weighted by Gasteiger charge is -2.30. The van der Waals surface area contributed by atoms with Crippen molar-refractivity contribution in [3.8, 4) is 17.2 Å². The molecule has 1 aromatic heterocycles. The molecule has 8 nitrogen and oxygen atoms in total. The van der Waals surface area contributed by atoms with E-state index in [1.807, 2.05) is 18.2 Å². The SMILES string of the molecule is NCCOc1cccc2c1Nc1nc(=O)n(C3CCC(CN)CC3)cc1O2. The van der Waals surface area contributed by atoms with Gasteiger partial charge in [0.25, 0.3) is 0 Å². The summed E-state index contributed by atoms with van der Waals surface area (Å²) in [6.45, 7) is 1.52. The van der Waals surface area contributed by atoms with Gasteiger partial charge in [-0.25, -0.2) is 4.79 Å². The third-order valence-electron chi connectivity index (χ3n) is 5.29. The molecule has 2 aromatic rings. The van der Waals surface area contributed by atoms with E-state index < -0.39 is 0 Å². The van der Waals surface area contributed by atoms with Gasteiger partial charge >= 0.3 is 5.69 Å². The molecule has 1 aliphatic carbocycles. The standard InChI is InChI=1S/C19H25N5O3/c20-8-9-26-14-2-1-3-15-17(14)22-18-16(27-15)11-24(19(25)23-18)13-6-4-12(10-21)5-7-13/h1-3,11-13H,4-10,20-21H2,(H,22,23,25). The van der Waals surface area contributed by atoms with Gasteiger partial charge in [0.15, 0.2) is 17.3 Å². The predicted octanol–water partition coefficient (Wildman–Crippen LogP) is 2.12. The van der Waals surface area contributed by atoms with Crippen molar-refractivity contribution in [2.45, 2.75) is 31.7 Å². The number of nitrogens with two attached hydrogens (primary N) is 2. The number of benzene rings is 1. The maximum atomic E-state index is 12.6. The number of ether oxygens (including phenoxy) is 2. The minimum Gasteiger partial charge on any atom is -0.490 e. The summed E-state index contributed by atoms with van der Waals surface area (Å²) in [5, 5.41) is 3.17. The van der Waals surface area contributed by atoms with Gasteiger partial charge in [0.1, 0.15) is 18.0 Å². The summed E-state index contributed by atoms with van der Waals surface area (Å²) in [6.07, 6.45) is 5.71. The Hall–Kier alpha value is -2.58. The largest absolute Gasteiger partial charge is 0.490 e. The Morgan fingerprint density at radius 1 is 1.22 bits per heavy atom. The zero-order valence-electron chi connectivity index (χ0n) is 15.2. The van der Waals surface area contributed by atoms with Gasteiger partial charge in [-0.2, -0.15) is 4.98 Å². The second-order valence-corrected chi connectivity index (χ2v) is 7.05. The summed E-state index contributed by atoms with van der Waals surface area (Å²) in [7, 11) is 0. The van der Waals surface area contributed by atoms with Crippen molar-refractivity contribution >= 4 is 11.5 Å². The number of anilines is 2. The molecule has 0 radical (unpaired) electrons. The smallest absolute Gasteiger partial charge is 0.350 e. The summed E-state index contributed by atoms with van der Waals surface area (Å²) in [6, 6.07) is 5.67. The fraction of sp³-hybridized carbons (Fsp3) is 0.474. The Morgan fingerprint density at radius 2 is 2.04 bits per heavy atom. The zero-order valence-corrected chi connectivity index (χ0v) is 15.2. The second-order valence-electron chi connectivity index (χ2n) is 7.05. The van der Waals surface area contributed by atoms with Crippen LogP contribution in [-0.2, 0) is 0 Å². The Balaban J connectivity index is 1.60. The summed E-state index contributed by atoms with van der Waals surface area (Å²) in [4.78, 5) is 16.8. The number of fused-ring (bicyclic) bond motifs is 2. The molecule has 1 fully saturated rings. The van der Waals surface area contributed by atoms with Crippen LogP contribution in [0.1, 0.15) is 31.7 Å². The summed E-state index contributed by atoms with van der Waals surface area (Å²) < 4.78 is 13.4. The molecule has 0 unspecified atom stereocenters. The molecule has 1 saturated carbocycles. The van der Waals surface area contributed by atoms with Crippen molar-refractivity contribution in [2.75, 3.05) is 25.0 Å². The fourth-order valence-electron chi connectivity index (χ4n) is 3.78. The third kappa shape index (κ3) is 3.50. The topological polar surface area (TPSA) is 117 Å². The molecule has 1 aromatic carbocycles. The van der Waals surface area contributed by atoms with Crippen molar-refractivity contribution in [1.82, 2.24) is 9.55 Å². The molecule has 144 valence electrons. The van der Waals surface area contributed by atoms with Crippen molar-refractivity contribution in [2.24, 2.45) is 17.4 Å². The summed E-state index contributed by atoms with van der Waals surface area (Å²) in [5.74, 6) is 2.76. The highest BCUT2D eigenvalue weighted by atomic mass is 16.5. The quantitative estimate of drug-likeness (QED) is 0.629. The predicted molar refractivity (Wildman–Crippen MR) is 103 cm³/mol. The lowest BCUT2D eigenvalue weighted by Crippen LogP contribution is -2.31. The first-order valence-corrected chi connectivity index (χ1v) is 9.43. The summed E-state index contributed by atoms with van der Waals surface area (Å²) in [5.41, 5.74) is 11.7. The van der Waals surface area contributed by atoms with E-state index in [2.05, 4.69) is 10.3 Å². The van der Waals surface area contributed by atoms with E-state index in [9.17, 15) is 4.79 Å². The van der Waals surface area contributed by atoms with E-state index in [0.717, 1.165) is 25.7 Å². The molecule has 1 aliphatic heterocycles. The van der Waals surface area contributed by atoms with Crippen LogP contribution >= 0.6 is 0 Å². The van der Waals surface area contributed by atoms with E-state index in [1.54, 1.807) is 10.8 Å². The molecule has 0 bridgehead atoms. The molecule has 27 heavy (non-hydrogen) atoms. The molecule has 4 rings (SSSR count). The molecule has 0 spiro atoms. The molecule has 2 aliphatic rings. The first-order chi connectivity index (χ1) is 13.2.